The molecular weight excluding hydrogens is 472 g/mol. The number of hydrogen-bond donors (Lipinski definition) is 0. The normalized spacial score (nSPS) is 15.5. The average Bonchev–Trinajstić information content (AvgIpc) is 2.91. The standard InChI is InChI=1S/C29H41ClN4O2/c1-4-11-28(35)34-17-10-16-32(21-24-12-8-7-9-13-24)18-19-33(29(36)23-31(5-2)6-3)22-25-14-15-26(30)20-27(25)34/h7-9,12-15,20H,4-6,10-11,16-19,21-23H2,1-3H3. The Labute approximate surface area is 221 Å². The zero-order valence-corrected chi connectivity index (χ0v) is 22.8. The minimum atomic E-state index is 0.107. The number of benzene rings is 2. The third-order valence-corrected chi connectivity index (χ3v) is 7.10. The molecule has 6 nitrogen and oxygen atoms in total. The van der Waals surface area contributed by atoms with E-state index in [1.807, 2.05) is 41.0 Å². The Morgan fingerprint density at radius 2 is 1.67 bits per heavy atom. The topological polar surface area (TPSA) is 47.1 Å². The number of fused-ring (bicyclic) bond motifs is 1. The average molecular weight is 513 g/mol. The van der Waals surface area contributed by atoms with Crippen molar-refractivity contribution >= 4 is 29.1 Å². The van der Waals surface area contributed by atoms with Crippen LogP contribution in [0.1, 0.15) is 51.2 Å². The number of halogens is 1. The number of likely N-dealkylation sites (N-methyl/N-ethyl adjacent to an activating group) is 1. The highest BCUT2D eigenvalue weighted by Gasteiger charge is 2.24. The number of anilines is 1. The van der Waals surface area contributed by atoms with Gasteiger partial charge >= 0.3 is 0 Å². The zero-order valence-electron chi connectivity index (χ0n) is 22.1. The van der Waals surface area contributed by atoms with Gasteiger partial charge in [-0.1, -0.05) is 68.8 Å². The molecular formula is C29H41ClN4O2. The fourth-order valence-corrected chi connectivity index (χ4v) is 4.88. The van der Waals surface area contributed by atoms with Crippen molar-refractivity contribution in [1.29, 1.82) is 0 Å². The predicted molar refractivity (Wildman–Crippen MR) is 148 cm³/mol. The van der Waals surface area contributed by atoms with Gasteiger partial charge in [-0.05, 0) is 49.2 Å². The Morgan fingerprint density at radius 1 is 0.917 bits per heavy atom. The van der Waals surface area contributed by atoms with Gasteiger partial charge < -0.3 is 9.80 Å². The van der Waals surface area contributed by atoms with Crippen LogP contribution < -0.4 is 4.90 Å². The Kier molecular flexibility index (Phi) is 11.2. The highest BCUT2D eigenvalue weighted by molar-refractivity contribution is 6.31. The van der Waals surface area contributed by atoms with Crippen LogP contribution in [0, 0.1) is 0 Å². The van der Waals surface area contributed by atoms with Crippen molar-refractivity contribution in [3.05, 3.63) is 64.7 Å². The van der Waals surface area contributed by atoms with E-state index in [1.54, 1.807) is 0 Å². The maximum absolute atomic E-state index is 13.5. The van der Waals surface area contributed by atoms with Crippen LogP contribution in [0.5, 0.6) is 0 Å². The lowest BCUT2D eigenvalue weighted by Gasteiger charge is -2.30. The van der Waals surface area contributed by atoms with E-state index in [1.165, 1.54) is 5.56 Å². The molecule has 7 heteroatoms. The number of amides is 2. The van der Waals surface area contributed by atoms with Gasteiger partial charge in [0.1, 0.15) is 0 Å². The van der Waals surface area contributed by atoms with Gasteiger partial charge in [-0.2, -0.15) is 0 Å². The molecule has 1 aliphatic heterocycles. The van der Waals surface area contributed by atoms with Crippen molar-refractivity contribution in [3.8, 4) is 0 Å². The second kappa shape index (κ2) is 14.4. The molecule has 2 aromatic rings. The molecule has 0 aliphatic carbocycles. The predicted octanol–water partition coefficient (Wildman–Crippen LogP) is 5.05. The molecule has 3 rings (SSSR count). The third-order valence-electron chi connectivity index (χ3n) is 6.86. The van der Waals surface area contributed by atoms with Crippen LogP contribution in [0.15, 0.2) is 48.5 Å². The summed E-state index contributed by atoms with van der Waals surface area (Å²) >= 11 is 6.41. The molecule has 0 bridgehead atoms. The van der Waals surface area contributed by atoms with Crippen molar-refractivity contribution in [1.82, 2.24) is 14.7 Å². The Bertz CT molecular complexity index is 980. The van der Waals surface area contributed by atoms with E-state index >= 15 is 0 Å². The lowest BCUT2D eigenvalue weighted by molar-refractivity contribution is -0.133. The van der Waals surface area contributed by atoms with Crippen LogP contribution >= 0.6 is 11.6 Å². The van der Waals surface area contributed by atoms with Crippen LogP contribution in [0.3, 0.4) is 0 Å². The fraction of sp³-hybridized carbons (Fsp3) is 0.517. The number of hydrogen-bond acceptors (Lipinski definition) is 4. The summed E-state index contributed by atoms with van der Waals surface area (Å²) in [6, 6.07) is 16.2. The molecule has 0 unspecified atom stereocenters. The lowest BCUT2D eigenvalue weighted by atomic mass is 10.1. The molecule has 1 heterocycles. The maximum Gasteiger partial charge on any atom is 0.237 e. The van der Waals surface area contributed by atoms with Crippen LogP contribution in [-0.2, 0) is 22.7 Å². The Balaban J connectivity index is 1.94. The number of carbonyl (C=O) groups excluding carboxylic acids is 2. The second-order valence-corrected chi connectivity index (χ2v) is 9.90. The van der Waals surface area contributed by atoms with E-state index in [4.69, 9.17) is 11.6 Å². The van der Waals surface area contributed by atoms with Gasteiger partial charge in [-0.15, -0.1) is 0 Å². The molecule has 196 valence electrons. The van der Waals surface area contributed by atoms with Gasteiger partial charge in [-0.3, -0.25) is 19.4 Å². The van der Waals surface area contributed by atoms with Gasteiger partial charge in [0, 0.05) is 50.7 Å². The van der Waals surface area contributed by atoms with E-state index in [-0.39, 0.29) is 11.8 Å². The Hall–Kier alpha value is -2.41. The van der Waals surface area contributed by atoms with E-state index in [0.29, 0.717) is 37.6 Å². The minimum Gasteiger partial charge on any atom is -0.336 e. The first-order valence-corrected chi connectivity index (χ1v) is 13.7. The van der Waals surface area contributed by atoms with Crippen LogP contribution in [0.2, 0.25) is 5.02 Å². The maximum atomic E-state index is 13.5. The van der Waals surface area contributed by atoms with E-state index < -0.39 is 0 Å². The van der Waals surface area contributed by atoms with Gasteiger partial charge in [0.25, 0.3) is 0 Å². The molecule has 0 aromatic heterocycles. The molecule has 1 aliphatic rings. The van der Waals surface area contributed by atoms with Crippen LogP contribution in [0.25, 0.3) is 0 Å². The number of nitrogens with zero attached hydrogens (tertiary/aromatic N) is 4. The third kappa shape index (κ3) is 8.05. The summed E-state index contributed by atoms with van der Waals surface area (Å²) in [5.74, 6) is 0.223. The first-order chi connectivity index (χ1) is 17.4. The number of rotatable bonds is 8. The molecule has 0 saturated carbocycles. The largest absolute Gasteiger partial charge is 0.336 e. The first-order valence-electron chi connectivity index (χ1n) is 13.3. The van der Waals surface area contributed by atoms with Crippen molar-refractivity contribution in [3.63, 3.8) is 0 Å². The van der Waals surface area contributed by atoms with Crippen molar-refractivity contribution in [2.24, 2.45) is 0 Å². The number of carbonyl (C=O) groups is 2. The van der Waals surface area contributed by atoms with Crippen molar-refractivity contribution in [2.45, 2.75) is 53.1 Å². The summed E-state index contributed by atoms with van der Waals surface area (Å²) in [7, 11) is 0. The molecule has 0 saturated heterocycles. The van der Waals surface area contributed by atoms with Crippen molar-refractivity contribution < 1.29 is 9.59 Å². The molecule has 0 spiro atoms. The molecule has 36 heavy (non-hydrogen) atoms. The summed E-state index contributed by atoms with van der Waals surface area (Å²) in [6.07, 6.45) is 2.13. The van der Waals surface area contributed by atoms with E-state index in [0.717, 1.165) is 56.8 Å². The molecule has 0 N–H and O–H groups in total. The molecule has 0 fully saturated rings. The zero-order chi connectivity index (χ0) is 25.9. The smallest absolute Gasteiger partial charge is 0.237 e. The van der Waals surface area contributed by atoms with Crippen LogP contribution in [-0.4, -0.2) is 72.3 Å². The van der Waals surface area contributed by atoms with Gasteiger partial charge in [0.05, 0.1) is 12.2 Å². The minimum absolute atomic E-state index is 0.107. The molecule has 2 aromatic carbocycles. The van der Waals surface area contributed by atoms with Gasteiger partial charge in [0.2, 0.25) is 11.8 Å². The first kappa shape index (κ1) is 28.2. The summed E-state index contributed by atoms with van der Waals surface area (Å²) in [5.41, 5.74) is 3.05. The second-order valence-electron chi connectivity index (χ2n) is 9.46. The monoisotopic (exact) mass is 512 g/mol. The highest BCUT2D eigenvalue weighted by atomic mass is 35.5. The quantitative estimate of drug-likeness (QED) is 0.496. The van der Waals surface area contributed by atoms with E-state index in [9.17, 15) is 9.59 Å². The summed E-state index contributed by atoms with van der Waals surface area (Å²) in [6.45, 7) is 12.4. The Morgan fingerprint density at radius 3 is 2.36 bits per heavy atom. The summed E-state index contributed by atoms with van der Waals surface area (Å²) in [5, 5.41) is 0.602. The van der Waals surface area contributed by atoms with Crippen molar-refractivity contribution in [2.75, 3.05) is 50.7 Å². The molecule has 0 atom stereocenters. The molecule has 2 amide bonds. The fourth-order valence-electron chi connectivity index (χ4n) is 4.71. The highest BCUT2D eigenvalue weighted by Crippen LogP contribution is 2.28. The van der Waals surface area contributed by atoms with Gasteiger partial charge in [0.15, 0.2) is 0 Å². The van der Waals surface area contributed by atoms with Gasteiger partial charge in [-0.25, -0.2) is 0 Å². The summed E-state index contributed by atoms with van der Waals surface area (Å²) < 4.78 is 0. The summed E-state index contributed by atoms with van der Waals surface area (Å²) in [4.78, 5) is 35.1. The lowest BCUT2D eigenvalue weighted by Crippen LogP contribution is -2.43. The van der Waals surface area contributed by atoms with Crippen LogP contribution in [0.4, 0.5) is 5.69 Å². The SMILES string of the molecule is CCCC(=O)N1CCCN(Cc2ccccc2)CCN(C(=O)CN(CC)CC)Cc2ccc(Cl)cc21. The molecule has 0 radical (unpaired) electrons. The van der Waals surface area contributed by atoms with E-state index in [2.05, 4.69) is 47.9 Å².